The number of benzene rings is 2. The molecule has 2 aromatic carbocycles. The van der Waals surface area contributed by atoms with Crippen LogP contribution in [-0.4, -0.2) is 33.6 Å². The fourth-order valence-corrected chi connectivity index (χ4v) is 2.03. The monoisotopic (exact) mass is 283 g/mol. The second-order valence-corrected chi connectivity index (χ2v) is 5.18. The first kappa shape index (κ1) is 14.9. The summed E-state index contributed by atoms with van der Waals surface area (Å²) in [5.41, 5.74) is 2.94. The van der Waals surface area contributed by atoms with Gasteiger partial charge in [-0.15, -0.1) is 0 Å². The number of nitrogens with zero attached hydrogens (tertiary/aromatic N) is 2. The van der Waals surface area contributed by atoms with Crippen LogP contribution < -0.4 is 15.1 Å². The molecule has 110 valence electrons. The van der Waals surface area contributed by atoms with E-state index in [9.17, 15) is 4.79 Å². The van der Waals surface area contributed by atoms with Gasteiger partial charge in [-0.3, -0.25) is 4.79 Å². The van der Waals surface area contributed by atoms with E-state index in [1.54, 1.807) is 0 Å². The van der Waals surface area contributed by atoms with Crippen LogP contribution in [0.15, 0.2) is 54.6 Å². The summed E-state index contributed by atoms with van der Waals surface area (Å²) in [6.07, 6.45) is 0. The molecule has 0 aliphatic heterocycles. The Morgan fingerprint density at radius 3 is 2.10 bits per heavy atom. The summed E-state index contributed by atoms with van der Waals surface area (Å²) in [6, 6.07) is 17.6. The highest BCUT2D eigenvalue weighted by atomic mass is 16.2. The van der Waals surface area contributed by atoms with Gasteiger partial charge in [-0.05, 0) is 36.4 Å². The van der Waals surface area contributed by atoms with Gasteiger partial charge in [0.2, 0.25) is 5.91 Å². The second-order valence-electron chi connectivity index (χ2n) is 5.18. The van der Waals surface area contributed by atoms with E-state index >= 15 is 0 Å². The number of amides is 1. The van der Waals surface area contributed by atoms with Crippen molar-refractivity contribution >= 4 is 23.0 Å². The molecule has 0 fully saturated rings. The van der Waals surface area contributed by atoms with E-state index in [-0.39, 0.29) is 5.91 Å². The van der Waals surface area contributed by atoms with Gasteiger partial charge in [0.1, 0.15) is 0 Å². The van der Waals surface area contributed by atoms with Gasteiger partial charge in [0.25, 0.3) is 0 Å². The maximum absolute atomic E-state index is 12.1. The van der Waals surface area contributed by atoms with Crippen molar-refractivity contribution in [3.05, 3.63) is 54.6 Å². The molecule has 0 spiro atoms. The molecule has 2 aromatic rings. The molecule has 0 aliphatic rings. The van der Waals surface area contributed by atoms with Crippen LogP contribution in [0.2, 0.25) is 0 Å². The Morgan fingerprint density at radius 2 is 1.52 bits per heavy atom. The lowest BCUT2D eigenvalue weighted by molar-refractivity contribution is -0.114. The van der Waals surface area contributed by atoms with Crippen molar-refractivity contribution in [3.63, 3.8) is 0 Å². The van der Waals surface area contributed by atoms with Gasteiger partial charge in [-0.25, -0.2) is 0 Å². The van der Waals surface area contributed by atoms with Gasteiger partial charge < -0.3 is 15.1 Å². The van der Waals surface area contributed by atoms with Gasteiger partial charge in [0.05, 0.1) is 6.54 Å². The fourth-order valence-electron chi connectivity index (χ4n) is 2.03. The average Bonchev–Trinajstić information content (AvgIpc) is 2.48. The summed E-state index contributed by atoms with van der Waals surface area (Å²) < 4.78 is 0. The lowest BCUT2D eigenvalue weighted by atomic mass is 10.2. The van der Waals surface area contributed by atoms with E-state index in [0.29, 0.717) is 6.54 Å². The highest BCUT2D eigenvalue weighted by Gasteiger charge is 2.07. The fraction of sp³-hybridized carbons (Fsp3) is 0.235. The normalized spacial score (nSPS) is 10.0. The Kier molecular flexibility index (Phi) is 4.82. The topological polar surface area (TPSA) is 35.6 Å². The van der Waals surface area contributed by atoms with Crippen LogP contribution in [0.1, 0.15) is 0 Å². The number of hydrogen-bond acceptors (Lipinski definition) is 3. The number of para-hydroxylation sites is 1. The van der Waals surface area contributed by atoms with Crippen molar-refractivity contribution < 1.29 is 4.79 Å². The Labute approximate surface area is 126 Å². The summed E-state index contributed by atoms with van der Waals surface area (Å²) in [7, 11) is 5.88. The SMILES string of the molecule is CN(C)c1ccc(NC(=O)CN(C)c2ccccc2)cc1. The van der Waals surface area contributed by atoms with Crippen LogP contribution >= 0.6 is 0 Å². The highest BCUT2D eigenvalue weighted by molar-refractivity contribution is 5.94. The molecule has 0 unspecified atom stereocenters. The second kappa shape index (κ2) is 6.79. The third kappa shape index (κ3) is 4.24. The number of carbonyl (C=O) groups excluding carboxylic acids is 1. The third-order valence-electron chi connectivity index (χ3n) is 3.25. The molecule has 1 N–H and O–H groups in total. The summed E-state index contributed by atoms with van der Waals surface area (Å²) in [5.74, 6) is -0.0287. The lowest BCUT2D eigenvalue weighted by Gasteiger charge is -2.19. The first-order valence-corrected chi connectivity index (χ1v) is 6.89. The minimum atomic E-state index is -0.0287. The Bertz CT molecular complexity index is 579. The molecule has 4 nitrogen and oxygen atoms in total. The van der Waals surface area contributed by atoms with Crippen LogP contribution in [0.4, 0.5) is 17.1 Å². The molecular weight excluding hydrogens is 262 g/mol. The zero-order chi connectivity index (χ0) is 15.2. The maximum Gasteiger partial charge on any atom is 0.243 e. The number of rotatable bonds is 5. The molecule has 1 amide bonds. The maximum atomic E-state index is 12.1. The zero-order valence-electron chi connectivity index (χ0n) is 12.7. The van der Waals surface area contributed by atoms with E-state index in [1.807, 2.05) is 85.5 Å². The number of likely N-dealkylation sites (N-methyl/N-ethyl adjacent to an activating group) is 1. The van der Waals surface area contributed by atoms with Crippen molar-refractivity contribution in [2.45, 2.75) is 0 Å². The summed E-state index contributed by atoms with van der Waals surface area (Å²) in [4.78, 5) is 16.0. The van der Waals surface area contributed by atoms with Gasteiger partial charge >= 0.3 is 0 Å². The van der Waals surface area contributed by atoms with Gasteiger partial charge in [0.15, 0.2) is 0 Å². The van der Waals surface area contributed by atoms with Crippen molar-refractivity contribution in [2.24, 2.45) is 0 Å². The van der Waals surface area contributed by atoms with Crippen LogP contribution in [-0.2, 0) is 4.79 Å². The van der Waals surface area contributed by atoms with Crippen molar-refractivity contribution in [3.8, 4) is 0 Å². The molecule has 0 atom stereocenters. The average molecular weight is 283 g/mol. The largest absolute Gasteiger partial charge is 0.378 e. The van der Waals surface area contributed by atoms with Crippen LogP contribution in [0.25, 0.3) is 0 Å². The molecule has 0 radical (unpaired) electrons. The minimum Gasteiger partial charge on any atom is -0.378 e. The molecule has 0 bridgehead atoms. The summed E-state index contributed by atoms with van der Waals surface area (Å²) in [5, 5.41) is 2.91. The zero-order valence-corrected chi connectivity index (χ0v) is 12.7. The Hall–Kier alpha value is -2.49. The summed E-state index contributed by atoms with van der Waals surface area (Å²) >= 11 is 0. The van der Waals surface area contributed by atoms with Crippen molar-refractivity contribution in [2.75, 3.05) is 42.8 Å². The Balaban J connectivity index is 1.92. The first-order valence-electron chi connectivity index (χ1n) is 6.89. The number of carbonyl (C=O) groups is 1. The van der Waals surface area contributed by atoms with E-state index in [4.69, 9.17) is 0 Å². The molecule has 2 rings (SSSR count). The summed E-state index contributed by atoms with van der Waals surface area (Å²) in [6.45, 7) is 0.319. The molecule has 0 aliphatic carbocycles. The predicted molar refractivity (Wildman–Crippen MR) is 89.1 cm³/mol. The van der Waals surface area contributed by atoms with E-state index < -0.39 is 0 Å². The van der Waals surface area contributed by atoms with Crippen LogP contribution in [0.5, 0.6) is 0 Å². The van der Waals surface area contributed by atoms with Crippen molar-refractivity contribution in [1.82, 2.24) is 0 Å². The standard InChI is InChI=1S/C17H21N3O/c1-19(2)15-11-9-14(10-12-15)18-17(21)13-20(3)16-7-5-4-6-8-16/h4-12H,13H2,1-3H3,(H,18,21). The highest BCUT2D eigenvalue weighted by Crippen LogP contribution is 2.16. The first-order chi connectivity index (χ1) is 10.1. The minimum absolute atomic E-state index is 0.0287. The van der Waals surface area contributed by atoms with E-state index in [2.05, 4.69) is 5.32 Å². The number of hydrogen-bond donors (Lipinski definition) is 1. The molecule has 4 heteroatoms. The van der Waals surface area contributed by atoms with Gasteiger partial charge in [0, 0.05) is 38.2 Å². The van der Waals surface area contributed by atoms with E-state index in [0.717, 1.165) is 17.1 Å². The molecule has 0 saturated carbocycles. The number of anilines is 3. The molecule has 0 heterocycles. The van der Waals surface area contributed by atoms with Gasteiger partial charge in [-0.2, -0.15) is 0 Å². The third-order valence-corrected chi connectivity index (χ3v) is 3.25. The van der Waals surface area contributed by atoms with Crippen LogP contribution in [0, 0.1) is 0 Å². The molecule has 0 aromatic heterocycles. The Morgan fingerprint density at radius 1 is 0.905 bits per heavy atom. The van der Waals surface area contributed by atoms with Crippen molar-refractivity contribution in [1.29, 1.82) is 0 Å². The quantitative estimate of drug-likeness (QED) is 0.916. The predicted octanol–water partition coefficient (Wildman–Crippen LogP) is 2.83. The molecule has 0 saturated heterocycles. The van der Waals surface area contributed by atoms with Crippen LogP contribution in [0.3, 0.4) is 0 Å². The van der Waals surface area contributed by atoms with E-state index in [1.165, 1.54) is 0 Å². The molecular formula is C17H21N3O. The number of nitrogens with one attached hydrogen (secondary N) is 1. The lowest BCUT2D eigenvalue weighted by Crippen LogP contribution is -2.29. The van der Waals surface area contributed by atoms with Gasteiger partial charge in [-0.1, -0.05) is 18.2 Å². The smallest absolute Gasteiger partial charge is 0.243 e. The molecule has 21 heavy (non-hydrogen) atoms.